The van der Waals surface area contributed by atoms with Gasteiger partial charge in [-0.05, 0) is 30.7 Å². The number of hydrogen-bond donors (Lipinski definition) is 0. The van der Waals surface area contributed by atoms with Crippen molar-refractivity contribution in [3.63, 3.8) is 0 Å². The van der Waals surface area contributed by atoms with Gasteiger partial charge in [0.15, 0.2) is 0 Å². The maximum absolute atomic E-state index is 10.6. The second-order valence-corrected chi connectivity index (χ2v) is 4.87. The minimum absolute atomic E-state index is 0.420. The molecule has 3 nitrogen and oxygen atoms in total. The van der Waals surface area contributed by atoms with Gasteiger partial charge in [0, 0.05) is 29.8 Å². The molecule has 0 aromatic heterocycles. The molecule has 0 aliphatic carbocycles. The Balaban J connectivity index is 1.75. The van der Waals surface area contributed by atoms with Gasteiger partial charge in [-0.2, -0.15) is 0 Å². The van der Waals surface area contributed by atoms with E-state index in [9.17, 15) is 4.79 Å². The van der Waals surface area contributed by atoms with Crippen LogP contribution in [0.3, 0.4) is 0 Å². The van der Waals surface area contributed by atoms with Gasteiger partial charge in [0.05, 0.1) is 13.2 Å². The molecule has 1 aromatic carbocycles. The number of carbonyl (C=O) groups is 1. The minimum Gasteiger partial charge on any atom is -0.380 e. The van der Waals surface area contributed by atoms with Crippen molar-refractivity contribution >= 4 is 12.0 Å². The zero-order valence-electron chi connectivity index (χ0n) is 9.19. The molecule has 0 saturated carbocycles. The largest absolute Gasteiger partial charge is 0.380 e. The van der Waals surface area contributed by atoms with Crippen LogP contribution in [0, 0.1) is 5.41 Å². The van der Waals surface area contributed by atoms with Crippen molar-refractivity contribution in [1.82, 2.24) is 0 Å². The van der Waals surface area contributed by atoms with E-state index in [0.29, 0.717) is 5.41 Å². The number of aldehydes is 1. The van der Waals surface area contributed by atoms with Crippen LogP contribution in [-0.4, -0.2) is 32.6 Å². The van der Waals surface area contributed by atoms with Gasteiger partial charge < -0.3 is 9.64 Å². The van der Waals surface area contributed by atoms with Crippen molar-refractivity contribution in [2.75, 3.05) is 31.2 Å². The smallest absolute Gasteiger partial charge is 0.150 e. The molecule has 0 unspecified atom stereocenters. The quantitative estimate of drug-likeness (QED) is 0.706. The molecule has 2 aliphatic rings. The van der Waals surface area contributed by atoms with Gasteiger partial charge in [0.25, 0.3) is 0 Å². The lowest BCUT2D eigenvalue weighted by atomic mass is 9.85. The lowest BCUT2D eigenvalue weighted by Gasteiger charge is -2.37. The molecule has 1 spiro atoms. The Kier molecular flexibility index (Phi) is 2.21. The van der Waals surface area contributed by atoms with Gasteiger partial charge in [-0.25, -0.2) is 0 Å². The topological polar surface area (TPSA) is 29.5 Å². The first-order valence-electron chi connectivity index (χ1n) is 5.69. The normalized spacial score (nSPS) is 22.1. The van der Waals surface area contributed by atoms with Crippen LogP contribution < -0.4 is 4.90 Å². The molecule has 0 amide bonds. The van der Waals surface area contributed by atoms with Crippen LogP contribution in [-0.2, 0) is 4.74 Å². The third-order valence-corrected chi connectivity index (χ3v) is 3.65. The molecule has 3 rings (SSSR count). The van der Waals surface area contributed by atoms with E-state index in [4.69, 9.17) is 4.74 Å². The monoisotopic (exact) mass is 217 g/mol. The average Bonchev–Trinajstić information content (AvgIpc) is 2.74. The molecule has 0 bridgehead atoms. The van der Waals surface area contributed by atoms with Crippen molar-refractivity contribution in [3.8, 4) is 0 Å². The van der Waals surface area contributed by atoms with Crippen LogP contribution in [0.5, 0.6) is 0 Å². The Morgan fingerprint density at radius 3 is 2.50 bits per heavy atom. The Bertz CT molecular complexity index is 395. The van der Waals surface area contributed by atoms with Crippen LogP contribution in [0.2, 0.25) is 0 Å². The van der Waals surface area contributed by atoms with E-state index in [-0.39, 0.29) is 0 Å². The minimum atomic E-state index is 0.420. The van der Waals surface area contributed by atoms with Crippen molar-refractivity contribution in [2.24, 2.45) is 5.41 Å². The van der Waals surface area contributed by atoms with Crippen LogP contribution in [0.4, 0.5) is 5.69 Å². The van der Waals surface area contributed by atoms with Crippen LogP contribution in [0.1, 0.15) is 16.8 Å². The molecule has 2 fully saturated rings. The van der Waals surface area contributed by atoms with Crippen LogP contribution in [0.25, 0.3) is 0 Å². The highest BCUT2D eigenvalue weighted by Gasteiger charge is 2.44. The number of rotatable bonds is 2. The third kappa shape index (κ3) is 1.52. The SMILES string of the molecule is O=Cc1ccc(N2CCC3(COC3)C2)cc1. The second kappa shape index (κ2) is 3.59. The summed E-state index contributed by atoms with van der Waals surface area (Å²) in [6.45, 7) is 4.02. The average molecular weight is 217 g/mol. The molecule has 2 saturated heterocycles. The second-order valence-electron chi connectivity index (χ2n) is 4.87. The van der Waals surface area contributed by atoms with Crippen molar-refractivity contribution in [1.29, 1.82) is 0 Å². The van der Waals surface area contributed by atoms with E-state index in [1.807, 2.05) is 24.3 Å². The maximum atomic E-state index is 10.6. The zero-order valence-corrected chi connectivity index (χ0v) is 9.19. The summed E-state index contributed by atoms with van der Waals surface area (Å²) in [4.78, 5) is 13.0. The van der Waals surface area contributed by atoms with Crippen molar-refractivity contribution in [3.05, 3.63) is 29.8 Å². The number of nitrogens with zero attached hydrogens (tertiary/aromatic N) is 1. The molecule has 84 valence electrons. The summed E-state index contributed by atoms with van der Waals surface area (Å²) in [5.74, 6) is 0. The van der Waals surface area contributed by atoms with Crippen LogP contribution >= 0.6 is 0 Å². The highest BCUT2D eigenvalue weighted by Crippen LogP contribution is 2.39. The molecule has 16 heavy (non-hydrogen) atoms. The Hall–Kier alpha value is -1.35. The summed E-state index contributed by atoms with van der Waals surface area (Å²) in [7, 11) is 0. The maximum Gasteiger partial charge on any atom is 0.150 e. The Morgan fingerprint density at radius 2 is 2.00 bits per heavy atom. The number of hydrogen-bond acceptors (Lipinski definition) is 3. The van der Waals surface area contributed by atoms with Crippen molar-refractivity contribution in [2.45, 2.75) is 6.42 Å². The van der Waals surface area contributed by atoms with Crippen LogP contribution in [0.15, 0.2) is 24.3 Å². The number of anilines is 1. The van der Waals surface area contributed by atoms with E-state index in [0.717, 1.165) is 38.2 Å². The summed E-state index contributed by atoms with van der Waals surface area (Å²) in [5.41, 5.74) is 2.38. The number of benzene rings is 1. The number of carbonyl (C=O) groups excluding carboxylic acids is 1. The molecule has 1 aromatic rings. The highest BCUT2D eigenvalue weighted by atomic mass is 16.5. The van der Waals surface area contributed by atoms with Crippen molar-refractivity contribution < 1.29 is 9.53 Å². The fourth-order valence-electron chi connectivity index (χ4n) is 2.55. The van der Waals surface area contributed by atoms with Gasteiger partial charge in [-0.1, -0.05) is 0 Å². The molecule has 0 atom stereocenters. The van der Waals surface area contributed by atoms with E-state index in [1.54, 1.807) is 0 Å². The van der Waals surface area contributed by atoms with E-state index in [2.05, 4.69) is 4.90 Å². The fraction of sp³-hybridized carbons (Fsp3) is 0.462. The first kappa shape index (κ1) is 9.85. The van der Waals surface area contributed by atoms with E-state index < -0.39 is 0 Å². The van der Waals surface area contributed by atoms with Gasteiger partial charge in [-0.3, -0.25) is 4.79 Å². The third-order valence-electron chi connectivity index (χ3n) is 3.65. The zero-order chi connectivity index (χ0) is 11.0. The lowest BCUT2D eigenvalue weighted by molar-refractivity contribution is -0.0985. The molecule has 0 N–H and O–H groups in total. The summed E-state index contributed by atoms with van der Waals surface area (Å²) in [5, 5.41) is 0. The first-order valence-corrected chi connectivity index (χ1v) is 5.69. The van der Waals surface area contributed by atoms with E-state index in [1.165, 1.54) is 12.1 Å². The summed E-state index contributed by atoms with van der Waals surface area (Å²) in [6, 6.07) is 7.82. The molecule has 3 heteroatoms. The summed E-state index contributed by atoms with van der Waals surface area (Å²) < 4.78 is 5.31. The molecule has 2 aliphatic heterocycles. The Labute approximate surface area is 95.0 Å². The standard InChI is InChI=1S/C13H15NO2/c15-7-11-1-3-12(4-2-11)14-6-5-13(8-14)9-16-10-13/h1-4,7H,5-6,8-10H2. The molecule has 0 radical (unpaired) electrons. The molecular formula is C13H15NO2. The van der Waals surface area contributed by atoms with Gasteiger partial charge in [0.2, 0.25) is 0 Å². The molecular weight excluding hydrogens is 202 g/mol. The molecule has 2 heterocycles. The highest BCUT2D eigenvalue weighted by molar-refractivity contribution is 5.75. The van der Waals surface area contributed by atoms with Gasteiger partial charge in [0.1, 0.15) is 6.29 Å². The van der Waals surface area contributed by atoms with Gasteiger partial charge >= 0.3 is 0 Å². The Morgan fingerprint density at radius 1 is 1.25 bits per heavy atom. The predicted octanol–water partition coefficient (Wildman–Crippen LogP) is 1.73. The van der Waals surface area contributed by atoms with E-state index >= 15 is 0 Å². The number of ether oxygens (including phenoxy) is 1. The fourth-order valence-corrected chi connectivity index (χ4v) is 2.55. The predicted molar refractivity (Wildman–Crippen MR) is 61.9 cm³/mol. The summed E-state index contributed by atoms with van der Waals surface area (Å²) in [6.07, 6.45) is 2.11. The summed E-state index contributed by atoms with van der Waals surface area (Å²) >= 11 is 0. The first-order chi connectivity index (χ1) is 7.81. The lowest BCUT2D eigenvalue weighted by Crippen LogP contribution is -2.44. The van der Waals surface area contributed by atoms with Gasteiger partial charge in [-0.15, -0.1) is 0 Å².